The Morgan fingerprint density at radius 1 is 1.00 bits per heavy atom. The normalized spacial score (nSPS) is 37.9. The van der Waals surface area contributed by atoms with Gasteiger partial charge in [-0.2, -0.15) is 0 Å². The third kappa shape index (κ3) is 5.11. The standard InChI is InChI=1S/C34H60O7Si2/c1-12-42(13-2,14-3)40-26-20-33(22(7)8)25(23(26)9)18-27(36)32(11)28(41-43(15-4,16-5)17-6)19-29-34(21-38-29,39-24(10)35)30(32)31(33)37/h22,26,28-31,37H,12-21H2,1-11H3/t26-,28-,29+,30?,31?,32+,33-,34-/m0/s1. The molecule has 4 rings (SSSR count). The summed E-state index contributed by atoms with van der Waals surface area (Å²) in [5.41, 5.74) is -0.603. The van der Waals surface area contributed by atoms with Gasteiger partial charge in [0.2, 0.25) is 0 Å². The highest BCUT2D eigenvalue weighted by Crippen LogP contribution is 2.66. The zero-order valence-corrected chi connectivity index (χ0v) is 30.9. The second-order valence-corrected chi connectivity index (χ2v) is 24.1. The molecule has 0 aromatic heterocycles. The summed E-state index contributed by atoms with van der Waals surface area (Å²) in [5.74, 6) is -0.918. The molecule has 3 fully saturated rings. The minimum absolute atomic E-state index is 0.0441. The average molecular weight is 637 g/mol. The van der Waals surface area contributed by atoms with Crippen LogP contribution in [0.1, 0.15) is 95.4 Å². The van der Waals surface area contributed by atoms with Gasteiger partial charge in [0.25, 0.3) is 0 Å². The van der Waals surface area contributed by atoms with Crippen molar-refractivity contribution in [3.63, 3.8) is 0 Å². The fourth-order valence-electron chi connectivity index (χ4n) is 9.67. The molecule has 0 bridgehead atoms. The number of ether oxygens (including phenoxy) is 2. The Kier molecular flexibility index (Phi) is 10.1. The minimum Gasteiger partial charge on any atom is -0.454 e. The maximum absolute atomic E-state index is 15.0. The summed E-state index contributed by atoms with van der Waals surface area (Å²) in [6.45, 7) is 23.4. The number of esters is 1. The highest BCUT2D eigenvalue weighted by atomic mass is 28.4. The van der Waals surface area contributed by atoms with Crippen molar-refractivity contribution in [2.75, 3.05) is 6.61 Å². The van der Waals surface area contributed by atoms with Gasteiger partial charge in [-0.3, -0.25) is 9.59 Å². The molecular formula is C34H60O7Si2. The number of rotatable bonds is 12. The monoisotopic (exact) mass is 636 g/mol. The molecule has 43 heavy (non-hydrogen) atoms. The van der Waals surface area contributed by atoms with E-state index in [1.165, 1.54) is 6.92 Å². The number of fused-ring (bicyclic) bond motifs is 4. The van der Waals surface area contributed by atoms with Crippen LogP contribution in [-0.2, 0) is 27.9 Å². The van der Waals surface area contributed by atoms with Gasteiger partial charge < -0.3 is 23.4 Å². The number of hydrogen-bond donors (Lipinski definition) is 1. The van der Waals surface area contributed by atoms with Crippen LogP contribution in [0.4, 0.5) is 0 Å². The number of hydrogen-bond acceptors (Lipinski definition) is 7. The van der Waals surface area contributed by atoms with E-state index in [9.17, 15) is 14.7 Å². The molecule has 4 aliphatic rings. The fourth-order valence-corrected chi connectivity index (χ4v) is 15.5. The number of carbonyl (C=O) groups is 2. The lowest BCUT2D eigenvalue weighted by Crippen LogP contribution is -2.78. The second kappa shape index (κ2) is 12.4. The fraction of sp³-hybridized carbons (Fsp3) is 0.882. The van der Waals surface area contributed by atoms with Gasteiger partial charge in [0.15, 0.2) is 22.2 Å². The van der Waals surface area contributed by atoms with Crippen molar-refractivity contribution in [1.29, 1.82) is 0 Å². The maximum Gasteiger partial charge on any atom is 0.303 e. The molecule has 246 valence electrons. The molecule has 9 heteroatoms. The molecule has 1 heterocycles. The lowest BCUT2D eigenvalue weighted by Gasteiger charge is -2.65. The number of carbonyl (C=O) groups excluding carboxylic acids is 2. The van der Waals surface area contributed by atoms with Crippen LogP contribution in [-0.4, -0.2) is 70.1 Å². The Balaban J connectivity index is 1.93. The quantitative estimate of drug-likeness (QED) is 0.138. The van der Waals surface area contributed by atoms with Crippen molar-refractivity contribution in [3.05, 3.63) is 11.1 Å². The maximum atomic E-state index is 15.0. The summed E-state index contributed by atoms with van der Waals surface area (Å²) in [6.07, 6.45) is -0.463. The van der Waals surface area contributed by atoms with Gasteiger partial charge in [-0.05, 0) is 68.0 Å². The first kappa shape index (κ1) is 35.0. The smallest absolute Gasteiger partial charge is 0.303 e. The molecule has 1 N–H and O–H groups in total. The first-order chi connectivity index (χ1) is 20.2. The lowest BCUT2D eigenvalue weighted by molar-refractivity contribution is -0.333. The van der Waals surface area contributed by atoms with E-state index in [1.807, 2.05) is 6.92 Å². The molecule has 7 nitrogen and oxygen atoms in total. The Labute approximate surface area is 263 Å². The highest BCUT2D eigenvalue weighted by molar-refractivity contribution is 6.74. The van der Waals surface area contributed by atoms with Crippen molar-refractivity contribution in [2.45, 2.75) is 162 Å². The van der Waals surface area contributed by atoms with Gasteiger partial charge in [-0.15, -0.1) is 0 Å². The lowest BCUT2D eigenvalue weighted by atomic mass is 9.50. The van der Waals surface area contributed by atoms with E-state index in [2.05, 4.69) is 62.3 Å². The summed E-state index contributed by atoms with van der Waals surface area (Å²) in [5, 5.41) is 13.0. The van der Waals surface area contributed by atoms with Crippen LogP contribution < -0.4 is 0 Å². The van der Waals surface area contributed by atoms with Crippen LogP contribution in [0, 0.1) is 22.7 Å². The van der Waals surface area contributed by atoms with Crippen LogP contribution in [0.25, 0.3) is 0 Å². The number of ketones is 1. The average Bonchev–Trinajstić information content (AvgIpc) is 3.21. The van der Waals surface area contributed by atoms with Crippen LogP contribution in [0.15, 0.2) is 11.1 Å². The van der Waals surface area contributed by atoms with Crippen molar-refractivity contribution in [1.82, 2.24) is 0 Å². The minimum atomic E-state index is -2.14. The topological polar surface area (TPSA) is 91.3 Å². The van der Waals surface area contributed by atoms with E-state index in [0.717, 1.165) is 47.4 Å². The van der Waals surface area contributed by atoms with Crippen LogP contribution >= 0.6 is 0 Å². The van der Waals surface area contributed by atoms with Gasteiger partial charge in [-0.1, -0.05) is 61.0 Å². The number of aliphatic hydroxyl groups excluding tert-OH is 1. The molecule has 8 atom stereocenters. The van der Waals surface area contributed by atoms with Crippen LogP contribution in [0.3, 0.4) is 0 Å². The van der Waals surface area contributed by atoms with E-state index in [0.29, 0.717) is 12.8 Å². The van der Waals surface area contributed by atoms with E-state index in [4.69, 9.17) is 18.3 Å². The first-order valence-corrected chi connectivity index (χ1v) is 22.3. The van der Waals surface area contributed by atoms with Crippen molar-refractivity contribution < 1.29 is 33.0 Å². The largest absolute Gasteiger partial charge is 0.454 e. The Morgan fingerprint density at radius 2 is 1.53 bits per heavy atom. The molecular weight excluding hydrogens is 577 g/mol. The summed E-state index contributed by atoms with van der Waals surface area (Å²) < 4.78 is 26.7. The summed E-state index contributed by atoms with van der Waals surface area (Å²) in [6, 6.07) is 6.02. The molecule has 2 unspecified atom stereocenters. The molecule has 0 radical (unpaired) electrons. The van der Waals surface area contributed by atoms with Gasteiger partial charge in [0, 0.05) is 31.1 Å². The van der Waals surface area contributed by atoms with Gasteiger partial charge in [0.1, 0.15) is 11.9 Å². The summed E-state index contributed by atoms with van der Waals surface area (Å²) in [4.78, 5) is 27.7. The van der Waals surface area contributed by atoms with Crippen LogP contribution in [0.5, 0.6) is 0 Å². The Hall–Kier alpha value is -0.846. The molecule has 1 aliphatic heterocycles. The summed E-state index contributed by atoms with van der Waals surface area (Å²) >= 11 is 0. The third-order valence-corrected chi connectivity index (χ3v) is 22.5. The predicted molar refractivity (Wildman–Crippen MR) is 175 cm³/mol. The molecule has 3 aliphatic carbocycles. The Bertz CT molecular complexity index is 1080. The highest BCUT2D eigenvalue weighted by Gasteiger charge is 2.76. The van der Waals surface area contributed by atoms with Gasteiger partial charge in [-0.25, -0.2) is 0 Å². The van der Waals surface area contributed by atoms with Crippen molar-refractivity contribution in [2.24, 2.45) is 22.7 Å². The van der Waals surface area contributed by atoms with E-state index in [1.54, 1.807) is 0 Å². The van der Waals surface area contributed by atoms with Gasteiger partial charge in [0.05, 0.1) is 30.3 Å². The first-order valence-electron chi connectivity index (χ1n) is 17.2. The zero-order chi connectivity index (χ0) is 32.2. The van der Waals surface area contributed by atoms with Gasteiger partial charge >= 0.3 is 5.97 Å². The zero-order valence-electron chi connectivity index (χ0n) is 28.9. The number of Topliss-reactive ketones (excluding diaryl/α,β-unsaturated/α-hetero) is 1. The van der Waals surface area contributed by atoms with E-state index in [-0.39, 0.29) is 30.8 Å². The second-order valence-electron chi connectivity index (χ2n) is 14.7. The molecule has 0 aromatic rings. The van der Waals surface area contributed by atoms with Crippen molar-refractivity contribution in [3.8, 4) is 0 Å². The van der Waals surface area contributed by atoms with E-state index >= 15 is 0 Å². The third-order valence-electron chi connectivity index (χ3n) is 13.2. The predicted octanol–water partition coefficient (Wildman–Crippen LogP) is 7.19. The van der Waals surface area contributed by atoms with Crippen LogP contribution in [0.2, 0.25) is 36.3 Å². The summed E-state index contributed by atoms with van der Waals surface area (Å²) in [7, 11) is -4.10. The number of aliphatic hydroxyl groups is 1. The van der Waals surface area contributed by atoms with E-state index < -0.39 is 63.3 Å². The molecule has 0 aromatic carbocycles. The Morgan fingerprint density at radius 3 is 1.98 bits per heavy atom. The SMILES string of the molecule is CC[Si](CC)(CC)O[C@H]1C[C@]2(C(C)C)C(=C1C)CC(=O)[C@@]1(C)C(C2O)[C@]2(OC(C)=O)CO[C@@H]2C[C@@H]1O[Si](CC)(CC)CC. The van der Waals surface area contributed by atoms with Crippen molar-refractivity contribution >= 4 is 28.4 Å². The molecule has 0 amide bonds. The molecule has 0 spiro atoms. The molecule has 1 saturated heterocycles. The molecule has 2 saturated carbocycles.